The lowest BCUT2D eigenvalue weighted by Gasteiger charge is -2.24. The molecule has 200 valence electrons. The van der Waals surface area contributed by atoms with Gasteiger partial charge in [-0.25, -0.2) is 9.78 Å². The van der Waals surface area contributed by atoms with Crippen LogP contribution in [0.5, 0.6) is 0 Å². The number of nitrogens with two attached hydrogens (primary N) is 4. The SMILES string of the molecule is NC(=O)CC(NC(=O)C(N)Cc1cnc[nH]1)C(=O)NC(CCCN=C(N)N)C(=O)NC(CS)C(=O)O. The number of carbonyl (C=O) groups excluding carboxylic acids is 4. The predicted molar refractivity (Wildman–Crippen MR) is 131 cm³/mol. The summed E-state index contributed by atoms with van der Waals surface area (Å²) >= 11 is 3.89. The van der Waals surface area contributed by atoms with Gasteiger partial charge in [-0.3, -0.25) is 24.2 Å². The summed E-state index contributed by atoms with van der Waals surface area (Å²) in [4.78, 5) is 71.4. The van der Waals surface area contributed by atoms with Crippen LogP contribution in [0.1, 0.15) is 25.0 Å². The molecule has 0 aromatic carbocycles. The number of hydrogen-bond donors (Lipinski definition) is 10. The highest BCUT2D eigenvalue weighted by atomic mass is 32.1. The highest BCUT2D eigenvalue weighted by Crippen LogP contribution is 2.04. The number of H-pyrrole nitrogens is 1. The molecule has 0 bridgehead atoms. The number of guanidine groups is 1. The number of aliphatic imine (C=N–C) groups is 1. The number of nitrogens with zero attached hydrogens (tertiary/aromatic N) is 2. The average Bonchev–Trinajstić information content (AvgIpc) is 3.30. The number of primary amides is 1. The zero-order valence-corrected chi connectivity index (χ0v) is 20.2. The molecule has 0 saturated carbocycles. The number of aliphatic carboxylic acids is 1. The van der Waals surface area contributed by atoms with E-state index in [9.17, 15) is 29.1 Å². The van der Waals surface area contributed by atoms with E-state index in [1.807, 2.05) is 0 Å². The first-order chi connectivity index (χ1) is 16.9. The smallest absolute Gasteiger partial charge is 0.327 e. The van der Waals surface area contributed by atoms with E-state index in [0.717, 1.165) is 0 Å². The summed E-state index contributed by atoms with van der Waals surface area (Å²) in [5, 5.41) is 16.2. The summed E-state index contributed by atoms with van der Waals surface area (Å²) in [7, 11) is 0. The number of imidazole rings is 1. The normalized spacial score (nSPS) is 13.9. The molecule has 0 saturated heterocycles. The molecule has 0 fully saturated rings. The second kappa shape index (κ2) is 15.2. The van der Waals surface area contributed by atoms with E-state index < -0.39 is 60.2 Å². The van der Waals surface area contributed by atoms with Gasteiger partial charge in [-0.15, -0.1) is 0 Å². The third-order valence-electron chi connectivity index (χ3n) is 4.75. The summed E-state index contributed by atoms with van der Waals surface area (Å²) in [6.45, 7) is 0.126. The van der Waals surface area contributed by atoms with E-state index >= 15 is 0 Å². The van der Waals surface area contributed by atoms with Gasteiger partial charge in [0, 0.05) is 30.6 Å². The summed E-state index contributed by atoms with van der Waals surface area (Å²) in [5.41, 5.74) is 22.2. The maximum absolute atomic E-state index is 12.9. The lowest BCUT2D eigenvalue weighted by molar-refractivity contribution is -0.141. The molecule has 4 atom stereocenters. The Kier molecular flexibility index (Phi) is 12.7. The van der Waals surface area contributed by atoms with Gasteiger partial charge in [0.15, 0.2) is 5.96 Å². The van der Waals surface area contributed by atoms with E-state index in [-0.39, 0.29) is 37.5 Å². The zero-order valence-electron chi connectivity index (χ0n) is 19.3. The lowest BCUT2D eigenvalue weighted by atomic mass is 10.1. The van der Waals surface area contributed by atoms with Crippen molar-refractivity contribution in [3.63, 3.8) is 0 Å². The topological polar surface area (TPSA) is 287 Å². The van der Waals surface area contributed by atoms with Crippen LogP contribution in [0.2, 0.25) is 0 Å². The van der Waals surface area contributed by atoms with Crippen LogP contribution in [0.3, 0.4) is 0 Å². The van der Waals surface area contributed by atoms with Crippen LogP contribution in [-0.4, -0.2) is 87.1 Å². The molecule has 1 aromatic rings. The van der Waals surface area contributed by atoms with Crippen molar-refractivity contribution in [3.05, 3.63) is 18.2 Å². The molecular formula is C19H32N10O6S. The Morgan fingerprint density at radius 1 is 1.03 bits per heavy atom. The largest absolute Gasteiger partial charge is 0.480 e. The fourth-order valence-electron chi connectivity index (χ4n) is 2.92. The van der Waals surface area contributed by atoms with Crippen molar-refractivity contribution in [2.45, 2.75) is 49.9 Å². The van der Waals surface area contributed by atoms with Crippen molar-refractivity contribution in [1.29, 1.82) is 0 Å². The van der Waals surface area contributed by atoms with Gasteiger partial charge >= 0.3 is 5.97 Å². The molecule has 1 aromatic heterocycles. The van der Waals surface area contributed by atoms with Crippen molar-refractivity contribution in [2.75, 3.05) is 12.3 Å². The molecule has 17 heteroatoms. The van der Waals surface area contributed by atoms with Crippen LogP contribution in [0.4, 0.5) is 0 Å². The minimum atomic E-state index is -1.45. The molecule has 0 aliphatic heterocycles. The maximum atomic E-state index is 12.9. The lowest BCUT2D eigenvalue weighted by Crippen LogP contribution is -2.58. The predicted octanol–water partition coefficient (Wildman–Crippen LogP) is -4.32. The van der Waals surface area contributed by atoms with E-state index in [1.54, 1.807) is 0 Å². The number of carboxylic acids is 1. The maximum Gasteiger partial charge on any atom is 0.327 e. The van der Waals surface area contributed by atoms with Crippen molar-refractivity contribution >= 4 is 48.2 Å². The molecule has 4 amide bonds. The Morgan fingerprint density at radius 2 is 1.64 bits per heavy atom. The van der Waals surface area contributed by atoms with Gasteiger partial charge in [0.1, 0.15) is 18.1 Å². The number of aromatic amines is 1. The molecule has 0 aliphatic carbocycles. The van der Waals surface area contributed by atoms with Gasteiger partial charge in [0.05, 0.1) is 18.8 Å². The van der Waals surface area contributed by atoms with E-state index in [4.69, 9.17) is 22.9 Å². The fourth-order valence-corrected chi connectivity index (χ4v) is 3.17. The Balaban J connectivity index is 2.96. The first kappa shape index (κ1) is 30.2. The Morgan fingerprint density at radius 3 is 2.17 bits per heavy atom. The van der Waals surface area contributed by atoms with E-state index in [0.29, 0.717) is 5.69 Å². The second-order valence-electron chi connectivity index (χ2n) is 7.71. The minimum Gasteiger partial charge on any atom is -0.480 e. The molecule has 36 heavy (non-hydrogen) atoms. The number of thiol groups is 1. The van der Waals surface area contributed by atoms with Gasteiger partial charge < -0.3 is 49.0 Å². The van der Waals surface area contributed by atoms with Crippen molar-refractivity contribution < 1.29 is 29.1 Å². The van der Waals surface area contributed by atoms with Gasteiger partial charge in [-0.05, 0) is 12.8 Å². The zero-order chi connectivity index (χ0) is 27.3. The minimum absolute atomic E-state index is 0.00381. The Bertz CT molecular complexity index is 937. The van der Waals surface area contributed by atoms with Gasteiger partial charge in [0.2, 0.25) is 23.6 Å². The number of aromatic nitrogens is 2. The first-order valence-corrected chi connectivity index (χ1v) is 11.4. The number of hydrogen-bond acceptors (Lipinski definition) is 9. The van der Waals surface area contributed by atoms with Crippen molar-refractivity contribution in [2.24, 2.45) is 27.9 Å². The summed E-state index contributed by atoms with van der Waals surface area (Å²) < 4.78 is 0. The summed E-state index contributed by atoms with van der Waals surface area (Å²) in [6.07, 6.45) is 2.62. The number of amides is 4. The van der Waals surface area contributed by atoms with Crippen LogP contribution in [0.25, 0.3) is 0 Å². The summed E-state index contributed by atoms with van der Waals surface area (Å²) in [6, 6.07) is -5.10. The molecule has 0 radical (unpaired) electrons. The van der Waals surface area contributed by atoms with Crippen LogP contribution >= 0.6 is 12.6 Å². The second-order valence-corrected chi connectivity index (χ2v) is 8.08. The molecule has 4 unspecified atom stereocenters. The monoisotopic (exact) mass is 528 g/mol. The number of carboxylic acid groups (broad SMARTS) is 1. The third-order valence-corrected chi connectivity index (χ3v) is 5.11. The van der Waals surface area contributed by atoms with Gasteiger partial charge in [-0.1, -0.05) is 0 Å². The summed E-state index contributed by atoms with van der Waals surface area (Å²) in [5.74, 6) is -5.08. The van der Waals surface area contributed by atoms with Crippen molar-refractivity contribution in [3.8, 4) is 0 Å². The van der Waals surface area contributed by atoms with E-state index in [2.05, 4.69) is 43.5 Å². The van der Waals surface area contributed by atoms with Gasteiger partial charge in [0.25, 0.3) is 0 Å². The Hall–Kier alpha value is -3.86. The number of carbonyl (C=O) groups is 5. The molecule has 0 aliphatic rings. The van der Waals surface area contributed by atoms with Crippen LogP contribution in [0.15, 0.2) is 17.5 Å². The molecule has 13 N–H and O–H groups in total. The highest BCUT2D eigenvalue weighted by Gasteiger charge is 2.30. The molecule has 0 spiro atoms. The van der Waals surface area contributed by atoms with E-state index in [1.165, 1.54) is 12.5 Å². The highest BCUT2D eigenvalue weighted by molar-refractivity contribution is 7.80. The van der Waals surface area contributed by atoms with Crippen LogP contribution in [0, 0.1) is 0 Å². The quantitative estimate of drug-likeness (QED) is 0.0426. The fraction of sp³-hybridized carbons (Fsp3) is 0.526. The number of rotatable bonds is 16. The Labute approximate surface area is 211 Å². The van der Waals surface area contributed by atoms with Gasteiger partial charge in [-0.2, -0.15) is 12.6 Å². The third kappa shape index (κ3) is 11.0. The standard InChI is InChI=1S/C19H32N10O6S/c20-10(4-9-6-24-8-26-9)15(31)28-12(5-14(21)30)17(33)27-11(2-1-3-25-19(22)23)16(32)29-13(7-36)18(34)35/h6,8,10-13,36H,1-5,7,20H2,(H2,21,30)(H,24,26)(H,27,33)(H,28,31)(H,29,32)(H,34,35)(H4,22,23,25). The molecular weight excluding hydrogens is 496 g/mol. The van der Waals surface area contributed by atoms with Crippen LogP contribution in [-0.2, 0) is 30.4 Å². The average molecular weight is 529 g/mol. The van der Waals surface area contributed by atoms with Crippen LogP contribution < -0.4 is 38.9 Å². The molecule has 16 nitrogen and oxygen atoms in total. The molecule has 1 heterocycles. The number of nitrogens with one attached hydrogen (secondary N) is 4. The molecule has 1 rings (SSSR count). The first-order valence-electron chi connectivity index (χ1n) is 10.8. The van der Waals surface area contributed by atoms with Crippen molar-refractivity contribution in [1.82, 2.24) is 25.9 Å².